The van der Waals surface area contributed by atoms with E-state index in [1.54, 1.807) is 0 Å². The quantitative estimate of drug-likeness (QED) is 0.820. The lowest BCUT2D eigenvalue weighted by atomic mass is 9.90. The van der Waals surface area contributed by atoms with Crippen molar-refractivity contribution in [1.82, 2.24) is 0 Å². The molecule has 0 aromatic carbocycles. The SMILES string of the molecule is O=C(O)C(COCC1CCCCC1)C(F)(F)F. The first kappa shape index (κ1) is 14.3. The molecule has 0 aromatic rings. The number of carboxylic acid groups (broad SMARTS) is 1. The van der Waals surface area contributed by atoms with Gasteiger partial charge in [-0.05, 0) is 18.8 Å². The van der Waals surface area contributed by atoms with Crippen LogP contribution in [0.5, 0.6) is 0 Å². The lowest BCUT2D eigenvalue weighted by molar-refractivity contribution is -0.203. The van der Waals surface area contributed by atoms with Crippen LogP contribution in [0.2, 0.25) is 0 Å². The number of halogens is 3. The fraction of sp³-hybridized carbons (Fsp3) is 0.909. The van der Waals surface area contributed by atoms with Crippen LogP contribution in [0.3, 0.4) is 0 Å². The Hall–Kier alpha value is -0.780. The summed E-state index contributed by atoms with van der Waals surface area (Å²) in [5, 5.41) is 8.45. The van der Waals surface area contributed by atoms with Gasteiger partial charge in [0.25, 0.3) is 0 Å². The summed E-state index contributed by atoms with van der Waals surface area (Å²) in [4.78, 5) is 10.4. The Bertz CT molecular complexity index is 247. The third-order valence-corrected chi connectivity index (χ3v) is 3.06. The number of rotatable bonds is 5. The molecule has 1 N–H and O–H groups in total. The first-order valence-electron chi connectivity index (χ1n) is 5.78. The predicted octanol–water partition coefficient (Wildman–Crippen LogP) is 2.85. The molecule has 0 radical (unpaired) electrons. The van der Waals surface area contributed by atoms with Gasteiger partial charge >= 0.3 is 12.1 Å². The second kappa shape index (κ2) is 6.23. The Kier molecular flexibility index (Phi) is 5.24. The fourth-order valence-electron chi connectivity index (χ4n) is 2.01. The minimum atomic E-state index is -4.74. The van der Waals surface area contributed by atoms with Gasteiger partial charge in [0.05, 0.1) is 6.61 Å². The Balaban J connectivity index is 2.29. The van der Waals surface area contributed by atoms with E-state index in [4.69, 9.17) is 9.84 Å². The second-order valence-corrected chi connectivity index (χ2v) is 4.47. The molecule has 0 aromatic heterocycles. The molecule has 17 heavy (non-hydrogen) atoms. The van der Waals surface area contributed by atoms with Crippen LogP contribution in [0.25, 0.3) is 0 Å². The first-order chi connectivity index (χ1) is 7.91. The molecule has 1 fully saturated rings. The third kappa shape index (κ3) is 4.93. The number of aliphatic carboxylic acids is 1. The van der Waals surface area contributed by atoms with Crippen molar-refractivity contribution in [2.45, 2.75) is 38.3 Å². The van der Waals surface area contributed by atoms with Crippen LogP contribution in [-0.2, 0) is 9.53 Å². The molecule has 0 aliphatic heterocycles. The van der Waals surface area contributed by atoms with Crippen molar-refractivity contribution in [3.8, 4) is 0 Å². The monoisotopic (exact) mass is 254 g/mol. The summed E-state index contributed by atoms with van der Waals surface area (Å²) < 4.78 is 41.7. The first-order valence-corrected chi connectivity index (χ1v) is 5.78. The number of hydrogen-bond donors (Lipinski definition) is 1. The molecule has 0 amide bonds. The van der Waals surface area contributed by atoms with Gasteiger partial charge in [-0.1, -0.05) is 19.3 Å². The highest BCUT2D eigenvalue weighted by Crippen LogP contribution is 2.28. The summed E-state index contributed by atoms with van der Waals surface area (Å²) in [6, 6.07) is 0. The van der Waals surface area contributed by atoms with Crippen molar-refractivity contribution in [3.05, 3.63) is 0 Å². The summed E-state index contributed by atoms with van der Waals surface area (Å²) in [5.74, 6) is -4.00. The molecular weight excluding hydrogens is 237 g/mol. The molecule has 0 bridgehead atoms. The van der Waals surface area contributed by atoms with Crippen molar-refractivity contribution in [2.75, 3.05) is 13.2 Å². The average Bonchev–Trinajstić information content (AvgIpc) is 2.23. The lowest BCUT2D eigenvalue weighted by Crippen LogP contribution is -2.35. The van der Waals surface area contributed by atoms with Gasteiger partial charge in [0.1, 0.15) is 0 Å². The smallest absolute Gasteiger partial charge is 0.404 e. The Morgan fingerprint density at radius 1 is 1.29 bits per heavy atom. The van der Waals surface area contributed by atoms with E-state index >= 15 is 0 Å². The van der Waals surface area contributed by atoms with Crippen molar-refractivity contribution in [3.63, 3.8) is 0 Å². The van der Waals surface area contributed by atoms with Gasteiger partial charge in [-0.15, -0.1) is 0 Å². The van der Waals surface area contributed by atoms with Gasteiger partial charge in [0.2, 0.25) is 0 Å². The molecule has 3 nitrogen and oxygen atoms in total. The van der Waals surface area contributed by atoms with Crippen LogP contribution >= 0.6 is 0 Å². The minimum Gasteiger partial charge on any atom is -0.481 e. The van der Waals surface area contributed by atoms with Gasteiger partial charge in [-0.2, -0.15) is 13.2 Å². The van der Waals surface area contributed by atoms with E-state index in [0.717, 1.165) is 32.1 Å². The summed E-state index contributed by atoms with van der Waals surface area (Å²) in [6.45, 7) is -0.546. The van der Waals surface area contributed by atoms with Gasteiger partial charge < -0.3 is 9.84 Å². The summed E-state index contributed by atoms with van der Waals surface area (Å²) in [7, 11) is 0. The third-order valence-electron chi connectivity index (χ3n) is 3.06. The molecular formula is C11H17F3O3. The molecule has 6 heteroatoms. The van der Waals surface area contributed by atoms with Crippen LogP contribution in [0.15, 0.2) is 0 Å². The van der Waals surface area contributed by atoms with Crippen LogP contribution < -0.4 is 0 Å². The maximum absolute atomic E-state index is 12.3. The molecule has 1 atom stereocenters. The summed E-state index contributed by atoms with van der Waals surface area (Å²) in [5.41, 5.74) is 0. The average molecular weight is 254 g/mol. The number of alkyl halides is 3. The summed E-state index contributed by atoms with van der Waals surface area (Å²) in [6.07, 6.45) is 0.508. The molecule has 1 unspecified atom stereocenters. The predicted molar refractivity (Wildman–Crippen MR) is 54.6 cm³/mol. The van der Waals surface area contributed by atoms with Crippen LogP contribution in [-0.4, -0.2) is 30.5 Å². The zero-order valence-corrected chi connectivity index (χ0v) is 9.50. The van der Waals surface area contributed by atoms with Gasteiger partial charge in [0, 0.05) is 6.61 Å². The van der Waals surface area contributed by atoms with Crippen LogP contribution in [0.4, 0.5) is 13.2 Å². The zero-order chi connectivity index (χ0) is 12.9. The summed E-state index contributed by atoms with van der Waals surface area (Å²) >= 11 is 0. The fourth-order valence-corrected chi connectivity index (χ4v) is 2.01. The maximum Gasteiger partial charge on any atom is 0.404 e. The van der Waals surface area contributed by atoms with E-state index in [0.29, 0.717) is 0 Å². The number of ether oxygens (including phenoxy) is 1. The molecule has 0 saturated heterocycles. The highest BCUT2D eigenvalue weighted by molar-refractivity contribution is 5.71. The van der Waals surface area contributed by atoms with Gasteiger partial charge in [0.15, 0.2) is 5.92 Å². The van der Waals surface area contributed by atoms with E-state index < -0.39 is 24.7 Å². The minimum absolute atomic E-state index is 0.236. The highest BCUT2D eigenvalue weighted by atomic mass is 19.4. The molecule has 1 saturated carbocycles. The van der Waals surface area contributed by atoms with Crippen molar-refractivity contribution < 1.29 is 27.8 Å². The van der Waals surface area contributed by atoms with Crippen molar-refractivity contribution >= 4 is 5.97 Å². The molecule has 1 aliphatic carbocycles. The lowest BCUT2D eigenvalue weighted by Gasteiger charge is -2.22. The number of carbonyl (C=O) groups is 1. The highest BCUT2D eigenvalue weighted by Gasteiger charge is 2.45. The van der Waals surface area contributed by atoms with Crippen molar-refractivity contribution in [2.24, 2.45) is 11.8 Å². The van der Waals surface area contributed by atoms with E-state index in [1.807, 2.05) is 0 Å². The normalized spacial score (nSPS) is 20.2. The van der Waals surface area contributed by atoms with E-state index in [1.165, 1.54) is 0 Å². The Morgan fingerprint density at radius 3 is 2.35 bits per heavy atom. The zero-order valence-electron chi connectivity index (χ0n) is 9.50. The van der Waals surface area contributed by atoms with Gasteiger partial charge in [-0.25, -0.2) is 0 Å². The largest absolute Gasteiger partial charge is 0.481 e. The van der Waals surface area contributed by atoms with E-state index in [9.17, 15) is 18.0 Å². The second-order valence-electron chi connectivity index (χ2n) is 4.47. The van der Waals surface area contributed by atoms with Crippen LogP contribution in [0, 0.1) is 11.8 Å². The maximum atomic E-state index is 12.3. The Morgan fingerprint density at radius 2 is 1.88 bits per heavy atom. The molecule has 100 valence electrons. The molecule has 0 heterocycles. The van der Waals surface area contributed by atoms with Crippen LogP contribution in [0.1, 0.15) is 32.1 Å². The number of hydrogen-bond acceptors (Lipinski definition) is 2. The topological polar surface area (TPSA) is 46.5 Å². The number of carboxylic acids is 1. The molecule has 1 rings (SSSR count). The van der Waals surface area contributed by atoms with Gasteiger partial charge in [-0.3, -0.25) is 4.79 Å². The standard InChI is InChI=1S/C11H17F3O3/c12-11(13,14)9(10(15)16)7-17-6-8-4-2-1-3-5-8/h8-9H,1-7H2,(H,15,16). The molecule has 1 aliphatic rings. The molecule has 0 spiro atoms. The Labute approximate surface area is 97.9 Å². The van der Waals surface area contributed by atoms with E-state index in [2.05, 4.69) is 0 Å². The van der Waals surface area contributed by atoms with Crippen molar-refractivity contribution in [1.29, 1.82) is 0 Å². The van der Waals surface area contributed by atoms with E-state index in [-0.39, 0.29) is 12.5 Å².